The molecule has 1 heterocycles. The molecule has 0 radical (unpaired) electrons. The van der Waals surface area contributed by atoms with Crippen molar-refractivity contribution in [3.05, 3.63) is 107 Å². The Bertz CT molecular complexity index is 1040. The van der Waals surface area contributed by atoms with Gasteiger partial charge in [0.05, 0.1) is 26.2 Å². The fourth-order valence-electron chi connectivity index (χ4n) is 4.44. The number of nitrogens with one attached hydrogen (secondary N) is 1. The Morgan fingerprint density at radius 1 is 1.00 bits per heavy atom. The normalized spacial score (nSPS) is 19.7. The summed E-state index contributed by atoms with van der Waals surface area (Å²) in [6, 6.07) is 21.9. The summed E-state index contributed by atoms with van der Waals surface area (Å²) >= 11 is 0. The van der Waals surface area contributed by atoms with Crippen molar-refractivity contribution in [1.29, 1.82) is 0 Å². The number of likely N-dealkylation sites (N-methyl/N-ethyl adjacent to an activating group) is 1. The van der Waals surface area contributed by atoms with E-state index in [1.54, 1.807) is 24.3 Å². The van der Waals surface area contributed by atoms with Crippen LogP contribution in [0.5, 0.6) is 0 Å². The number of alkyl carbamates (subject to hydrolysis) is 1. The number of amides is 1. The second-order valence-electron chi connectivity index (χ2n) is 8.69. The summed E-state index contributed by atoms with van der Waals surface area (Å²) in [6.07, 6.45) is -0.669. The summed E-state index contributed by atoms with van der Waals surface area (Å²) < 4.78 is 34.2. The van der Waals surface area contributed by atoms with Gasteiger partial charge in [-0.25, -0.2) is 13.6 Å². The summed E-state index contributed by atoms with van der Waals surface area (Å²) in [4.78, 5) is 12.8. The second-order valence-corrected chi connectivity index (χ2v) is 8.69. The Balaban J connectivity index is 0.00000306. The van der Waals surface area contributed by atoms with Crippen molar-refractivity contribution in [3.63, 3.8) is 0 Å². The largest absolute Gasteiger partial charge is 1.00 e. The molecule has 0 aromatic heterocycles. The first-order valence-corrected chi connectivity index (χ1v) is 10.8. The molecule has 3 aromatic rings. The van der Waals surface area contributed by atoms with Crippen LogP contribution in [0.2, 0.25) is 0 Å². The third kappa shape index (κ3) is 6.74. The van der Waals surface area contributed by atoms with Gasteiger partial charge in [-0.15, -0.1) is 0 Å². The quantitative estimate of drug-likeness (QED) is 0.369. The number of hydrogen-bond acceptors (Lipinski definition) is 2. The third-order valence-electron chi connectivity index (χ3n) is 5.94. The molecule has 1 saturated heterocycles. The first-order chi connectivity index (χ1) is 15.4. The summed E-state index contributed by atoms with van der Waals surface area (Å²) in [6.45, 7) is 2.62. The summed E-state index contributed by atoms with van der Waals surface area (Å²) in [5, 5.41) is 2.95. The van der Waals surface area contributed by atoms with E-state index in [1.165, 1.54) is 29.8 Å². The average Bonchev–Trinajstić information content (AvgIpc) is 3.12. The van der Waals surface area contributed by atoms with Crippen LogP contribution in [-0.4, -0.2) is 36.8 Å². The SMILES string of the molecule is C[N+]1(Cc2ccccc2)CCC(NC(=O)OC(c2cccc(F)c2)c2cccc(F)c2)C1.[I-]. The van der Waals surface area contributed by atoms with E-state index in [0.29, 0.717) is 11.1 Å². The molecule has 4 rings (SSSR count). The molecule has 1 amide bonds. The van der Waals surface area contributed by atoms with Gasteiger partial charge in [0.25, 0.3) is 0 Å². The maximum atomic E-state index is 13.8. The predicted molar refractivity (Wildman–Crippen MR) is 119 cm³/mol. The number of carbonyl (C=O) groups excluding carboxylic acids is 1. The molecule has 174 valence electrons. The molecule has 3 aromatic carbocycles. The fourth-order valence-corrected chi connectivity index (χ4v) is 4.44. The highest BCUT2D eigenvalue weighted by Crippen LogP contribution is 2.28. The zero-order valence-electron chi connectivity index (χ0n) is 18.4. The molecule has 7 heteroatoms. The highest BCUT2D eigenvalue weighted by Gasteiger charge is 2.36. The smallest absolute Gasteiger partial charge is 0.408 e. The molecule has 0 aliphatic carbocycles. The molecule has 0 spiro atoms. The molecule has 1 fully saturated rings. The van der Waals surface area contributed by atoms with E-state index in [2.05, 4.69) is 24.5 Å². The predicted octanol–water partition coefficient (Wildman–Crippen LogP) is 2.20. The lowest BCUT2D eigenvalue weighted by Gasteiger charge is -2.30. The van der Waals surface area contributed by atoms with E-state index in [1.807, 2.05) is 18.2 Å². The summed E-state index contributed by atoms with van der Waals surface area (Å²) in [5.74, 6) is -0.893. The van der Waals surface area contributed by atoms with Crippen molar-refractivity contribution < 1.29 is 46.8 Å². The molecule has 4 nitrogen and oxygen atoms in total. The van der Waals surface area contributed by atoms with Crippen LogP contribution in [0.15, 0.2) is 78.9 Å². The Morgan fingerprint density at radius 2 is 1.61 bits per heavy atom. The van der Waals surface area contributed by atoms with Gasteiger partial charge >= 0.3 is 6.09 Å². The first kappa shape index (κ1) is 25.1. The molecule has 2 atom stereocenters. The standard InChI is InChI=1S/C26H26F2N2O2.HI/c1-30(17-19-7-3-2-4-8-19)14-13-24(18-30)29-26(31)32-25(20-9-5-11-22(27)15-20)21-10-6-12-23(28)16-21;/h2-12,15-16,24-25H,13-14,17-18H2,1H3;1H. The zero-order valence-corrected chi connectivity index (χ0v) is 20.5. The van der Waals surface area contributed by atoms with E-state index in [9.17, 15) is 13.6 Å². The average molecular weight is 564 g/mol. The van der Waals surface area contributed by atoms with Crippen LogP contribution in [0.25, 0.3) is 0 Å². The van der Waals surface area contributed by atoms with E-state index in [4.69, 9.17) is 4.74 Å². The van der Waals surface area contributed by atoms with Crippen molar-refractivity contribution in [3.8, 4) is 0 Å². The van der Waals surface area contributed by atoms with Gasteiger partial charge in [-0.1, -0.05) is 54.6 Å². The molecule has 2 unspecified atom stereocenters. The number of halogens is 3. The van der Waals surface area contributed by atoms with Crippen molar-refractivity contribution in [2.24, 2.45) is 0 Å². The number of ether oxygens (including phenoxy) is 1. The van der Waals surface area contributed by atoms with Gasteiger partial charge in [-0.05, 0) is 35.4 Å². The van der Waals surface area contributed by atoms with E-state index < -0.39 is 23.8 Å². The molecular formula is C26H27F2IN2O2. The second kappa shape index (κ2) is 11.1. The lowest BCUT2D eigenvalue weighted by molar-refractivity contribution is -0.911. The van der Waals surface area contributed by atoms with Crippen LogP contribution < -0.4 is 29.3 Å². The number of carbonyl (C=O) groups is 1. The number of benzene rings is 3. The van der Waals surface area contributed by atoms with Crippen LogP contribution in [0.4, 0.5) is 13.6 Å². The highest BCUT2D eigenvalue weighted by atomic mass is 127. The van der Waals surface area contributed by atoms with Crippen molar-refractivity contribution in [1.82, 2.24) is 5.32 Å². The Hall–Kier alpha value is -2.52. The van der Waals surface area contributed by atoms with Crippen molar-refractivity contribution in [2.75, 3.05) is 20.1 Å². The maximum absolute atomic E-state index is 13.8. The first-order valence-electron chi connectivity index (χ1n) is 10.8. The topological polar surface area (TPSA) is 38.3 Å². The molecule has 0 saturated carbocycles. The van der Waals surface area contributed by atoms with Crippen LogP contribution in [0.1, 0.15) is 29.2 Å². The zero-order chi connectivity index (χ0) is 22.6. The Kier molecular flexibility index (Phi) is 8.42. The highest BCUT2D eigenvalue weighted by molar-refractivity contribution is 5.68. The minimum atomic E-state index is -0.909. The summed E-state index contributed by atoms with van der Waals surface area (Å²) in [5.41, 5.74) is 2.15. The van der Waals surface area contributed by atoms with Gasteiger partial charge in [0.2, 0.25) is 0 Å². The lowest BCUT2D eigenvalue weighted by atomic mass is 10.0. The lowest BCUT2D eigenvalue weighted by Crippen LogP contribution is -3.00. The van der Waals surface area contributed by atoms with Crippen LogP contribution >= 0.6 is 0 Å². The van der Waals surface area contributed by atoms with E-state index in [0.717, 1.165) is 30.5 Å². The van der Waals surface area contributed by atoms with Crippen LogP contribution in [0.3, 0.4) is 0 Å². The summed E-state index contributed by atoms with van der Waals surface area (Å²) in [7, 11) is 2.18. The number of quaternary nitrogens is 1. The van der Waals surface area contributed by atoms with E-state index in [-0.39, 0.29) is 30.0 Å². The van der Waals surface area contributed by atoms with Gasteiger partial charge in [-0.3, -0.25) is 0 Å². The van der Waals surface area contributed by atoms with E-state index >= 15 is 0 Å². The minimum absolute atomic E-state index is 0. The number of nitrogens with zero attached hydrogens (tertiary/aromatic N) is 1. The third-order valence-corrected chi connectivity index (χ3v) is 5.94. The van der Waals surface area contributed by atoms with Gasteiger partial charge in [0.1, 0.15) is 18.2 Å². The maximum Gasteiger partial charge on any atom is 0.408 e. The van der Waals surface area contributed by atoms with Crippen molar-refractivity contribution in [2.45, 2.75) is 25.1 Å². The van der Waals surface area contributed by atoms with Gasteiger partial charge in [0, 0.05) is 12.0 Å². The number of likely N-dealkylation sites (tertiary alicyclic amines) is 1. The monoisotopic (exact) mass is 564 g/mol. The van der Waals surface area contributed by atoms with Gasteiger partial charge in [-0.2, -0.15) is 0 Å². The Labute approximate surface area is 210 Å². The molecule has 1 aliphatic heterocycles. The van der Waals surface area contributed by atoms with Crippen LogP contribution in [-0.2, 0) is 11.3 Å². The molecule has 1 aliphatic rings. The molecular weight excluding hydrogens is 537 g/mol. The minimum Gasteiger partial charge on any atom is -1.00 e. The van der Waals surface area contributed by atoms with Gasteiger partial charge < -0.3 is 38.5 Å². The van der Waals surface area contributed by atoms with Gasteiger partial charge in [0.15, 0.2) is 6.10 Å². The molecule has 1 N–H and O–H groups in total. The van der Waals surface area contributed by atoms with Crippen molar-refractivity contribution >= 4 is 6.09 Å². The Morgan fingerprint density at radius 3 is 2.18 bits per heavy atom. The number of hydrogen-bond donors (Lipinski definition) is 1. The molecule has 33 heavy (non-hydrogen) atoms. The number of rotatable bonds is 6. The molecule has 0 bridgehead atoms. The van der Waals surface area contributed by atoms with Crippen LogP contribution in [0, 0.1) is 11.6 Å². The fraction of sp³-hybridized carbons (Fsp3) is 0.269.